The number of nitrogens with one attached hydrogen (secondary N) is 2. The SMILES string of the molecule is CCOc1ccc(Oc2cc(CNC(=O)C(C)n3c(-c4cccs4)n[nH]c3=S)ccn2)cc1. The fraction of sp³-hybridized carbons (Fsp3) is 0.217. The van der Waals surface area contributed by atoms with Gasteiger partial charge in [-0.2, -0.15) is 5.10 Å². The van der Waals surface area contributed by atoms with Crippen LogP contribution in [0.4, 0.5) is 0 Å². The van der Waals surface area contributed by atoms with Crippen molar-refractivity contribution in [1.82, 2.24) is 25.1 Å². The second kappa shape index (κ2) is 10.4. The third kappa shape index (κ3) is 5.47. The smallest absolute Gasteiger partial charge is 0.243 e. The number of nitrogens with zero attached hydrogens (tertiary/aromatic N) is 3. The molecule has 1 amide bonds. The fourth-order valence-electron chi connectivity index (χ4n) is 3.21. The van der Waals surface area contributed by atoms with Crippen molar-refractivity contribution in [3.05, 3.63) is 70.4 Å². The van der Waals surface area contributed by atoms with Crippen molar-refractivity contribution in [2.45, 2.75) is 26.4 Å². The number of hydrogen-bond acceptors (Lipinski definition) is 7. The highest BCUT2D eigenvalue weighted by Gasteiger charge is 2.21. The number of pyridine rings is 1. The monoisotopic (exact) mass is 481 g/mol. The molecule has 0 saturated carbocycles. The second-order valence-electron chi connectivity index (χ2n) is 7.10. The molecule has 4 aromatic rings. The lowest BCUT2D eigenvalue weighted by Gasteiger charge is -2.15. The van der Waals surface area contributed by atoms with E-state index in [2.05, 4.69) is 20.5 Å². The molecule has 3 heterocycles. The van der Waals surface area contributed by atoms with Crippen LogP contribution < -0.4 is 14.8 Å². The van der Waals surface area contributed by atoms with E-state index in [0.29, 0.717) is 35.4 Å². The van der Waals surface area contributed by atoms with Crippen molar-refractivity contribution in [2.24, 2.45) is 0 Å². The summed E-state index contributed by atoms with van der Waals surface area (Å²) in [4.78, 5) is 18.1. The highest BCUT2D eigenvalue weighted by molar-refractivity contribution is 7.71. The largest absolute Gasteiger partial charge is 0.494 e. The second-order valence-corrected chi connectivity index (χ2v) is 8.44. The van der Waals surface area contributed by atoms with Crippen LogP contribution in [0, 0.1) is 4.77 Å². The Labute approximate surface area is 200 Å². The van der Waals surface area contributed by atoms with Crippen LogP contribution in [-0.4, -0.2) is 32.3 Å². The zero-order valence-electron chi connectivity index (χ0n) is 18.1. The molecule has 0 aliphatic carbocycles. The van der Waals surface area contributed by atoms with Gasteiger partial charge >= 0.3 is 0 Å². The van der Waals surface area contributed by atoms with E-state index in [4.69, 9.17) is 21.7 Å². The number of carbonyl (C=O) groups excluding carboxylic acids is 1. The topological polar surface area (TPSA) is 94.1 Å². The van der Waals surface area contributed by atoms with Gasteiger partial charge in [0.2, 0.25) is 11.8 Å². The molecular weight excluding hydrogens is 458 g/mol. The maximum absolute atomic E-state index is 12.9. The predicted molar refractivity (Wildman–Crippen MR) is 129 cm³/mol. The minimum absolute atomic E-state index is 0.170. The Morgan fingerprint density at radius 1 is 1.24 bits per heavy atom. The standard InChI is InChI=1S/C23H23N5O3S2/c1-3-30-17-6-8-18(9-7-17)31-20-13-16(10-11-24-20)14-25-22(29)15(2)28-21(26-27-23(28)32)19-5-4-12-33-19/h4-13,15H,3,14H2,1-2H3,(H,25,29)(H,27,32). The van der Waals surface area contributed by atoms with Gasteiger partial charge in [0.25, 0.3) is 0 Å². The summed E-state index contributed by atoms with van der Waals surface area (Å²) in [7, 11) is 0. The van der Waals surface area contributed by atoms with E-state index in [-0.39, 0.29) is 5.91 Å². The lowest BCUT2D eigenvalue weighted by Crippen LogP contribution is -2.31. The number of carbonyl (C=O) groups is 1. The van der Waals surface area contributed by atoms with E-state index in [1.165, 1.54) is 11.3 Å². The Morgan fingerprint density at radius 2 is 2.03 bits per heavy atom. The van der Waals surface area contributed by atoms with Crippen LogP contribution in [0.15, 0.2) is 60.1 Å². The van der Waals surface area contributed by atoms with Crippen LogP contribution in [-0.2, 0) is 11.3 Å². The third-order valence-corrected chi connectivity index (χ3v) is 5.99. The molecule has 0 fully saturated rings. The predicted octanol–water partition coefficient (Wildman–Crippen LogP) is 5.13. The highest BCUT2D eigenvalue weighted by atomic mass is 32.1. The van der Waals surface area contributed by atoms with Gasteiger partial charge in [-0.3, -0.25) is 14.5 Å². The molecule has 3 aromatic heterocycles. The number of thiophene rings is 1. The van der Waals surface area contributed by atoms with E-state index >= 15 is 0 Å². The van der Waals surface area contributed by atoms with Crippen LogP contribution in [0.25, 0.3) is 10.7 Å². The Bertz CT molecular complexity index is 1270. The van der Waals surface area contributed by atoms with Gasteiger partial charge in [0, 0.05) is 18.8 Å². The molecule has 1 atom stereocenters. The Kier molecular flexibility index (Phi) is 7.16. The molecule has 10 heteroatoms. The fourth-order valence-corrected chi connectivity index (χ4v) is 4.21. The van der Waals surface area contributed by atoms with Gasteiger partial charge in [-0.05, 0) is 73.4 Å². The minimum atomic E-state index is -0.533. The van der Waals surface area contributed by atoms with Gasteiger partial charge in [0.1, 0.15) is 17.5 Å². The number of aromatic amines is 1. The average molecular weight is 482 g/mol. The van der Waals surface area contributed by atoms with E-state index in [1.54, 1.807) is 23.8 Å². The molecule has 33 heavy (non-hydrogen) atoms. The van der Waals surface area contributed by atoms with E-state index < -0.39 is 6.04 Å². The Balaban J connectivity index is 1.40. The van der Waals surface area contributed by atoms with Crippen molar-refractivity contribution in [1.29, 1.82) is 0 Å². The first kappa shape index (κ1) is 22.7. The molecule has 2 N–H and O–H groups in total. The lowest BCUT2D eigenvalue weighted by atomic mass is 10.2. The van der Waals surface area contributed by atoms with Gasteiger partial charge in [-0.1, -0.05) is 6.07 Å². The summed E-state index contributed by atoms with van der Waals surface area (Å²) in [5.41, 5.74) is 0.862. The minimum Gasteiger partial charge on any atom is -0.494 e. The molecule has 1 aromatic carbocycles. The average Bonchev–Trinajstić information content (AvgIpc) is 3.48. The Hall–Kier alpha value is -3.50. The van der Waals surface area contributed by atoms with Crippen LogP contribution in [0.2, 0.25) is 0 Å². The Morgan fingerprint density at radius 3 is 2.76 bits per heavy atom. The van der Waals surface area contributed by atoms with Gasteiger partial charge in [0.05, 0.1) is 11.5 Å². The highest BCUT2D eigenvalue weighted by Crippen LogP contribution is 2.26. The molecule has 4 rings (SSSR count). The number of aromatic nitrogens is 4. The van der Waals surface area contributed by atoms with Crippen LogP contribution in [0.5, 0.6) is 17.4 Å². The molecule has 8 nitrogen and oxygen atoms in total. The maximum Gasteiger partial charge on any atom is 0.243 e. The van der Waals surface area contributed by atoms with Crippen LogP contribution >= 0.6 is 23.6 Å². The van der Waals surface area contributed by atoms with Crippen molar-refractivity contribution < 1.29 is 14.3 Å². The summed E-state index contributed by atoms with van der Waals surface area (Å²) in [5.74, 6) is 2.35. The summed E-state index contributed by atoms with van der Waals surface area (Å²) in [5, 5.41) is 12.0. The molecule has 0 saturated heterocycles. The molecule has 0 bridgehead atoms. The maximum atomic E-state index is 12.9. The quantitative estimate of drug-likeness (QED) is 0.322. The van der Waals surface area contributed by atoms with E-state index in [0.717, 1.165) is 16.2 Å². The summed E-state index contributed by atoms with van der Waals surface area (Å²) >= 11 is 6.90. The summed E-state index contributed by atoms with van der Waals surface area (Å²) in [6.07, 6.45) is 1.65. The number of hydrogen-bond donors (Lipinski definition) is 2. The number of benzene rings is 1. The molecule has 0 aliphatic heterocycles. The van der Waals surface area contributed by atoms with E-state index in [1.807, 2.05) is 54.8 Å². The summed E-state index contributed by atoms with van der Waals surface area (Å²) < 4.78 is 13.4. The first-order valence-electron chi connectivity index (χ1n) is 10.4. The lowest BCUT2D eigenvalue weighted by molar-refractivity contribution is -0.124. The molecular formula is C23H23N5O3S2. The molecule has 170 valence electrons. The number of ether oxygens (including phenoxy) is 2. The van der Waals surface area contributed by atoms with E-state index in [9.17, 15) is 4.79 Å². The molecule has 0 radical (unpaired) electrons. The van der Waals surface area contributed by atoms with Crippen molar-refractivity contribution in [3.8, 4) is 28.1 Å². The van der Waals surface area contributed by atoms with Crippen molar-refractivity contribution in [3.63, 3.8) is 0 Å². The van der Waals surface area contributed by atoms with Crippen LogP contribution in [0.1, 0.15) is 25.5 Å². The first-order chi connectivity index (χ1) is 16.0. The van der Waals surface area contributed by atoms with Gasteiger partial charge in [-0.25, -0.2) is 4.98 Å². The summed E-state index contributed by atoms with van der Waals surface area (Å²) in [6.45, 7) is 4.66. The molecule has 0 aliphatic rings. The zero-order chi connectivity index (χ0) is 23.2. The zero-order valence-corrected chi connectivity index (χ0v) is 19.8. The molecule has 0 spiro atoms. The first-order valence-corrected chi connectivity index (χ1v) is 11.7. The third-order valence-electron chi connectivity index (χ3n) is 4.84. The number of rotatable bonds is 9. The normalized spacial score (nSPS) is 11.7. The number of H-pyrrole nitrogens is 1. The van der Waals surface area contributed by atoms with Gasteiger partial charge in [0.15, 0.2) is 10.6 Å². The van der Waals surface area contributed by atoms with Gasteiger partial charge in [-0.15, -0.1) is 11.3 Å². The van der Waals surface area contributed by atoms with Crippen molar-refractivity contribution >= 4 is 29.5 Å². The molecule has 1 unspecified atom stereocenters. The summed E-state index contributed by atoms with van der Waals surface area (Å²) in [6, 6.07) is 14.3. The van der Waals surface area contributed by atoms with Crippen molar-refractivity contribution in [2.75, 3.05) is 6.61 Å². The number of amides is 1. The van der Waals surface area contributed by atoms with Gasteiger partial charge < -0.3 is 14.8 Å². The van der Waals surface area contributed by atoms with Crippen LogP contribution in [0.3, 0.4) is 0 Å².